The molecule has 1 amide bonds. The number of hydrogen-bond donors (Lipinski definition) is 1. The van der Waals surface area contributed by atoms with Crippen LogP contribution in [0.2, 0.25) is 5.02 Å². The lowest BCUT2D eigenvalue weighted by Gasteiger charge is -2.39. The van der Waals surface area contributed by atoms with Crippen LogP contribution in [-0.2, 0) is 4.79 Å². The van der Waals surface area contributed by atoms with Crippen LogP contribution in [0.1, 0.15) is 25.7 Å². The van der Waals surface area contributed by atoms with Crippen molar-refractivity contribution in [3.05, 3.63) is 29.3 Å². The maximum absolute atomic E-state index is 12.6. The highest BCUT2D eigenvalue weighted by molar-refractivity contribution is 6.30. The lowest BCUT2D eigenvalue weighted by atomic mass is 9.97. The van der Waals surface area contributed by atoms with E-state index in [4.69, 9.17) is 17.3 Å². The second kappa shape index (κ2) is 7.07. The number of carbonyl (C=O) groups is 1. The Morgan fingerprint density at radius 2 is 1.77 bits per heavy atom. The van der Waals surface area contributed by atoms with Gasteiger partial charge in [0.25, 0.3) is 0 Å². The van der Waals surface area contributed by atoms with E-state index in [2.05, 4.69) is 11.0 Å². The number of piperazine rings is 1. The average Bonchev–Trinajstić information content (AvgIpc) is 2.95. The molecule has 1 heterocycles. The summed E-state index contributed by atoms with van der Waals surface area (Å²) in [4.78, 5) is 16.8. The number of benzene rings is 1. The third-order valence-electron chi connectivity index (χ3n) is 4.66. The van der Waals surface area contributed by atoms with Crippen LogP contribution < -0.4 is 10.6 Å². The van der Waals surface area contributed by atoms with Crippen molar-refractivity contribution in [3.63, 3.8) is 0 Å². The minimum Gasteiger partial charge on any atom is -0.368 e. The van der Waals surface area contributed by atoms with Gasteiger partial charge in [-0.3, -0.25) is 4.79 Å². The van der Waals surface area contributed by atoms with Gasteiger partial charge in [-0.25, -0.2) is 0 Å². The first kappa shape index (κ1) is 17.4. The molecule has 1 saturated carbocycles. The van der Waals surface area contributed by atoms with Crippen molar-refractivity contribution in [2.24, 2.45) is 5.73 Å². The van der Waals surface area contributed by atoms with Gasteiger partial charge < -0.3 is 15.5 Å². The van der Waals surface area contributed by atoms with E-state index in [1.807, 2.05) is 23.1 Å². The number of nitrogens with two attached hydrogens (primary N) is 1. The maximum Gasteiger partial charge on any atom is 0.242 e. The Hall–Kier alpha value is -0.970. The van der Waals surface area contributed by atoms with Crippen molar-refractivity contribution in [1.82, 2.24) is 4.90 Å². The standard InChI is InChI=1S/C16H22ClN3O.ClH/c17-13-4-3-5-14(12-13)19-8-10-20(11-9-19)15(21)16(18)6-1-2-7-16;/h3-5,12H,1-2,6-11,18H2;1H. The molecule has 6 heteroatoms. The van der Waals surface area contributed by atoms with Gasteiger partial charge in [0.1, 0.15) is 0 Å². The number of carbonyl (C=O) groups excluding carboxylic acids is 1. The monoisotopic (exact) mass is 343 g/mol. The Balaban J connectivity index is 0.00000176. The molecule has 0 aromatic heterocycles. The topological polar surface area (TPSA) is 49.6 Å². The first-order valence-corrected chi connectivity index (χ1v) is 8.05. The van der Waals surface area contributed by atoms with Crippen LogP contribution in [0.3, 0.4) is 0 Å². The molecule has 1 aromatic rings. The van der Waals surface area contributed by atoms with Crippen LogP contribution in [0.15, 0.2) is 24.3 Å². The Morgan fingerprint density at radius 1 is 1.14 bits per heavy atom. The molecule has 1 saturated heterocycles. The smallest absolute Gasteiger partial charge is 0.242 e. The van der Waals surface area contributed by atoms with Gasteiger partial charge in [0, 0.05) is 36.9 Å². The lowest BCUT2D eigenvalue weighted by Crippen LogP contribution is -2.58. The third-order valence-corrected chi connectivity index (χ3v) is 4.90. The fourth-order valence-corrected chi connectivity index (χ4v) is 3.56. The summed E-state index contributed by atoms with van der Waals surface area (Å²) in [5.74, 6) is 0.144. The molecule has 22 heavy (non-hydrogen) atoms. The zero-order valence-electron chi connectivity index (χ0n) is 12.6. The Labute approximate surface area is 143 Å². The second-order valence-electron chi connectivity index (χ2n) is 6.12. The first-order chi connectivity index (χ1) is 10.1. The van der Waals surface area contributed by atoms with Gasteiger partial charge in [-0.2, -0.15) is 0 Å². The highest BCUT2D eigenvalue weighted by Gasteiger charge is 2.40. The molecule has 122 valence electrons. The van der Waals surface area contributed by atoms with E-state index in [1.165, 1.54) is 0 Å². The van der Waals surface area contributed by atoms with E-state index in [0.717, 1.165) is 62.6 Å². The van der Waals surface area contributed by atoms with Crippen LogP contribution in [0.4, 0.5) is 5.69 Å². The van der Waals surface area contributed by atoms with Gasteiger partial charge in [0.2, 0.25) is 5.91 Å². The molecule has 2 N–H and O–H groups in total. The Kier molecular flexibility index (Phi) is 5.59. The predicted octanol–water partition coefficient (Wildman–Crippen LogP) is 2.68. The highest BCUT2D eigenvalue weighted by Crippen LogP contribution is 2.29. The normalized spacial score (nSPS) is 20.6. The van der Waals surface area contributed by atoms with Crippen molar-refractivity contribution < 1.29 is 4.79 Å². The lowest BCUT2D eigenvalue weighted by molar-refractivity contribution is -0.137. The van der Waals surface area contributed by atoms with Crippen molar-refractivity contribution in [1.29, 1.82) is 0 Å². The largest absolute Gasteiger partial charge is 0.368 e. The second-order valence-corrected chi connectivity index (χ2v) is 6.56. The fourth-order valence-electron chi connectivity index (χ4n) is 3.38. The van der Waals surface area contributed by atoms with E-state index >= 15 is 0 Å². The maximum atomic E-state index is 12.6. The van der Waals surface area contributed by atoms with Crippen molar-refractivity contribution in [3.8, 4) is 0 Å². The van der Waals surface area contributed by atoms with Gasteiger partial charge in [-0.15, -0.1) is 12.4 Å². The summed E-state index contributed by atoms with van der Waals surface area (Å²) in [6.07, 6.45) is 3.82. The average molecular weight is 344 g/mol. The Bertz CT molecular complexity index is 524. The summed E-state index contributed by atoms with van der Waals surface area (Å²) in [6.45, 7) is 3.15. The molecule has 4 nitrogen and oxygen atoms in total. The molecule has 1 aliphatic heterocycles. The molecule has 3 rings (SSSR count). The van der Waals surface area contributed by atoms with Crippen LogP contribution in [0, 0.1) is 0 Å². The van der Waals surface area contributed by atoms with Crippen LogP contribution in [0.5, 0.6) is 0 Å². The molecule has 0 bridgehead atoms. The molecule has 0 unspecified atom stereocenters. The van der Waals surface area contributed by atoms with Gasteiger partial charge in [-0.05, 0) is 31.0 Å². The summed E-state index contributed by atoms with van der Waals surface area (Å²) < 4.78 is 0. The zero-order chi connectivity index (χ0) is 14.9. The van der Waals surface area contributed by atoms with Crippen molar-refractivity contribution >= 4 is 35.6 Å². The number of amides is 1. The first-order valence-electron chi connectivity index (χ1n) is 7.67. The minimum atomic E-state index is -0.599. The number of nitrogens with zero attached hydrogens (tertiary/aromatic N) is 2. The van der Waals surface area contributed by atoms with E-state index in [9.17, 15) is 4.79 Å². The van der Waals surface area contributed by atoms with Crippen LogP contribution in [0.25, 0.3) is 0 Å². The molecule has 0 atom stereocenters. The van der Waals surface area contributed by atoms with E-state index in [1.54, 1.807) is 0 Å². The minimum absolute atomic E-state index is 0. The molecule has 0 spiro atoms. The fraction of sp³-hybridized carbons (Fsp3) is 0.562. The van der Waals surface area contributed by atoms with Gasteiger partial charge >= 0.3 is 0 Å². The zero-order valence-corrected chi connectivity index (χ0v) is 14.2. The van der Waals surface area contributed by atoms with E-state index in [0.29, 0.717) is 0 Å². The van der Waals surface area contributed by atoms with Crippen LogP contribution in [-0.4, -0.2) is 42.5 Å². The predicted molar refractivity (Wildman–Crippen MR) is 92.9 cm³/mol. The molecule has 1 aromatic carbocycles. The highest BCUT2D eigenvalue weighted by atomic mass is 35.5. The van der Waals surface area contributed by atoms with Gasteiger partial charge in [0.15, 0.2) is 0 Å². The Morgan fingerprint density at radius 3 is 2.36 bits per heavy atom. The summed E-state index contributed by atoms with van der Waals surface area (Å²) in [5.41, 5.74) is 6.80. The summed E-state index contributed by atoms with van der Waals surface area (Å²) in [5, 5.41) is 0.748. The number of rotatable bonds is 2. The molecular formula is C16H23Cl2N3O. The molecule has 1 aliphatic carbocycles. The number of anilines is 1. The third kappa shape index (κ3) is 3.50. The summed E-state index contributed by atoms with van der Waals surface area (Å²) in [7, 11) is 0. The molecular weight excluding hydrogens is 321 g/mol. The number of halogens is 2. The summed E-state index contributed by atoms with van der Waals surface area (Å²) >= 11 is 6.04. The summed E-state index contributed by atoms with van der Waals surface area (Å²) in [6, 6.07) is 7.87. The van der Waals surface area contributed by atoms with Gasteiger partial charge in [0.05, 0.1) is 5.54 Å². The van der Waals surface area contributed by atoms with E-state index in [-0.39, 0.29) is 18.3 Å². The van der Waals surface area contributed by atoms with Crippen molar-refractivity contribution in [2.45, 2.75) is 31.2 Å². The quantitative estimate of drug-likeness (QED) is 0.897. The molecule has 2 aliphatic rings. The van der Waals surface area contributed by atoms with Crippen molar-refractivity contribution in [2.75, 3.05) is 31.1 Å². The number of hydrogen-bond acceptors (Lipinski definition) is 3. The van der Waals surface area contributed by atoms with Gasteiger partial charge in [-0.1, -0.05) is 30.5 Å². The van der Waals surface area contributed by atoms with E-state index < -0.39 is 5.54 Å². The molecule has 2 fully saturated rings. The van der Waals surface area contributed by atoms with Crippen LogP contribution >= 0.6 is 24.0 Å². The SMILES string of the molecule is Cl.NC1(C(=O)N2CCN(c3cccc(Cl)c3)CC2)CCCC1. The molecule has 0 radical (unpaired) electrons.